The molecule has 0 unspecified atom stereocenters. The smallest absolute Gasteiger partial charge is 0.343 e. The van der Waals surface area contributed by atoms with Crippen LogP contribution in [0.4, 0.5) is 0 Å². The number of esters is 1. The van der Waals surface area contributed by atoms with Gasteiger partial charge in [-0.15, -0.1) is 11.8 Å². The van der Waals surface area contributed by atoms with Crippen LogP contribution in [0.2, 0.25) is 0 Å². The predicted octanol–water partition coefficient (Wildman–Crippen LogP) is 4.48. The van der Waals surface area contributed by atoms with Crippen molar-refractivity contribution in [2.24, 2.45) is 0 Å². The molecule has 2 rings (SSSR count). The van der Waals surface area contributed by atoms with Gasteiger partial charge in [-0.3, -0.25) is 0 Å². The summed E-state index contributed by atoms with van der Waals surface area (Å²) in [6, 6.07) is 8.97. The number of carbonyl (C=O) groups is 1. The molecule has 1 N–H and O–H groups in total. The average molecular weight is 374 g/mol. The summed E-state index contributed by atoms with van der Waals surface area (Å²) in [6.07, 6.45) is 5.60. The number of ether oxygens (including phenoxy) is 3. The van der Waals surface area contributed by atoms with Crippen LogP contribution >= 0.6 is 11.8 Å². The van der Waals surface area contributed by atoms with Crippen LogP contribution in [0, 0.1) is 0 Å². The van der Waals surface area contributed by atoms with Crippen molar-refractivity contribution in [3.05, 3.63) is 47.0 Å². The van der Waals surface area contributed by atoms with E-state index in [0.29, 0.717) is 16.4 Å². The Morgan fingerprint density at radius 2 is 1.77 bits per heavy atom. The van der Waals surface area contributed by atoms with E-state index < -0.39 is 5.97 Å². The second-order valence-corrected chi connectivity index (χ2v) is 6.13. The van der Waals surface area contributed by atoms with Crippen LogP contribution in [-0.4, -0.2) is 38.2 Å². The van der Waals surface area contributed by atoms with Gasteiger partial charge in [0.25, 0.3) is 0 Å². The Kier molecular flexibility index (Phi) is 6.97. The summed E-state index contributed by atoms with van der Waals surface area (Å²) in [5.41, 5.74) is 1.89. The molecule has 138 valence electrons. The van der Waals surface area contributed by atoms with Crippen LogP contribution in [0.1, 0.15) is 28.4 Å². The summed E-state index contributed by atoms with van der Waals surface area (Å²) in [6.45, 7) is 1.99. The van der Waals surface area contributed by atoms with Gasteiger partial charge in [0.05, 0.1) is 20.8 Å². The summed E-state index contributed by atoms with van der Waals surface area (Å²) in [7, 11) is 3.17. The molecular weight excluding hydrogens is 352 g/mol. The van der Waals surface area contributed by atoms with Gasteiger partial charge in [-0.05, 0) is 48.6 Å². The van der Waals surface area contributed by atoms with E-state index >= 15 is 0 Å². The highest BCUT2D eigenvalue weighted by Crippen LogP contribution is 2.32. The molecule has 0 heterocycles. The molecule has 0 aromatic heterocycles. The van der Waals surface area contributed by atoms with Crippen LogP contribution in [0.5, 0.6) is 17.2 Å². The number of phenolic OH excluding ortho intramolecular Hbond substituents is 1. The molecule has 0 amide bonds. The maximum Gasteiger partial charge on any atom is 0.343 e. The summed E-state index contributed by atoms with van der Waals surface area (Å²) in [4.78, 5) is 12.7. The lowest BCUT2D eigenvalue weighted by molar-refractivity contribution is 0.0519. The lowest BCUT2D eigenvalue weighted by Gasteiger charge is -2.10. The minimum atomic E-state index is -0.523. The van der Waals surface area contributed by atoms with Crippen molar-refractivity contribution in [3.8, 4) is 17.2 Å². The Hall–Kier alpha value is -2.60. The molecule has 6 heteroatoms. The molecule has 0 radical (unpaired) electrons. The first-order chi connectivity index (χ1) is 12.5. The summed E-state index contributed by atoms with van der Waals surface area (Å²) < 4.78 is 15.5. The van der Waals surface area contributed by atoms with Crippen LogP contribution < -0.4 is 9.47 Å². The minimum absolute atomic E-state index is 0.0951. The fourth-order valence-electron chi connectivity index (χ4n) is 2.44. The number of carbonyl (C=O) groups excluding carboxylic acids is 1. The number of hydrogen-bond acceptors (Lipinski definition) is 6. The Balaban J connectivity index is 2.34. The quantitative estimate of drug-likeness (QED) is 0.438. The largest absolute Gasteiger partial charge is 0.507 e. The Labute approximate surface area is 157 Å². The van der Waals surface area contributed by atoms with Gasteiger partial charge in [-0.1, -0.05) is 18.2 Å². The molecule has 0 aliphatic rings. The van der Waals surface area contributed by atoms with E-state index in [-0.39, 0.29) is 17.9 Å². The van der Waals surface area contributed by atoms with E-state index in [1.165, 1.54) is 11.8 Å². The zero-order valence-electron chi connectivity index (χ0n) is 15.2. The van der Waals surface area contributed by atoms with E-state index in [0.717, 1.165) is 11.1 Å². The highest BCUT2D eigenvalue weighted by Gasteiger charge is 2.18. The van der Waals surface area contributed by atoms with Crippen molar-refractivity contribution in [2.75, 3.05) is 27.1 Å². The van der Waals surface area contributed by atoms with Crippen LogP contribution in [0.3, 0.4) is 0 Å². The van der Waals surface area contributed by atoms with Crippen molar-refractivity contribution < 1.29 is 24.1 Å². The third-order valence-electron chi connectivity index (χ3n) is 3.68. The van der Waals surface area contributed by atoms with Gasteiger partial charge in [0.15, 0.2) is 11.5 Å². The molecule has 0 saturated heterocycles. The first kappa shape index (κ1) is 19.7. The summed E-state index contributed by atoms with van der Waals surface area (Å²) in [5.74, 6) is 0.678. The third kappa shape index (κ3) is 4.52. The van der Waals surface area contributed by atoms with Gasteiger partial charge < -0.3 is 19.3 Å². The second-order valence-electron chi connectivity index (χ2n) is 5.29. The van der Waals surface area contributed by atoms with Crippen molar-refractivity contribution >= 4 is 29.9 Å². The molecule has 0 saturated carbocycles. The fourth-order valence-corrected chi connectivity index (χ4v) is 3.08. The van der Waals surface area contributed by atoms with Crippen LogP contribution in [-0.2, 0) is 4.74 Å². The highest BCUT2D eigenvalue weighted by atomic mass is 32.2. The van der Waals surface area contributed by atoms with Gasteiger partial charge in [0.1, 0.15) is 11.3 Å². The average Bonchev–Trinajstić information content (AvgIpc) is 2.65. The predicted molar refractivity (Wildman–Crippen MR) is 104 cm³/mol. The topological polar surface area (TPSA) is 65.0 Å². The molecule has 0 aliphatic carbocycles. The van der Waals surface area contributed by atoms with Gasteiger partial charge in [-0.25, -0.2) is 4.79 Å². The molecule has 0 atom stereocenters. The molecule has 0 spiro atoms. The molecule has 2 aromatic carbocycles. The zero-order chi connectivity index (χ0) is 19.1. The molecule has 0 aliphatic heterocycles. The molecule has 26 heavy (non-hydrogen) atoms. The number of thioether (sulfide) groups is 1. The lowest BCUT2D eigenvalue weighted by Crippen LogP contribution is -2.06. The Morgan fingerprint density at radius 3 is 2.38 bits per heavy atom. The molecule has 2 aromatic rings. The number of phenols is 1. The van der Waals surface area contributed by atoms with Crippen molar-refractivity contribution in [1.29, 1.82) is 0 Å². The number of hydrogen-bond donors (Lipinski definition) is 1. The van der Waals surface area contributed by atoms with Gasteiger partial charge >= 0.3 is 5.97 Å². The number of aromatic hydroxyl groups is 1. The van der Waals surface area contributed by atoms with Crippen LogP contribution in [0.15, 0.2) is 35.2 Å². The summed E-state index contributed by atoms with van der Waals surface area (Å²) >= 11 is 1.38. The van der Waals surface area contributed by atoms with E-state index in [1.54, 1.807) is 27.2 Å². The van der Waals surface area contributed by atoms with E-state index in [9.17, 15) is 9.90 Å². The summed E-state index contributed by atoms with van der Waals surface area (Å²) in [5, 5.41) is 10.3. The maximum atomic E-state index is 12.0. The first-order valence-electron chi connectivity index (χ1n) is 8.02. The maximum absolute atomic E-state index is 12.0. The first-order valence-corrected chi connectivity index (χ1v) is 9.24. The number of rotatable bonds is 7. The zero-order valence-corrected chi connectivity index (χ0v) is 16.1. The van der Waals surface area contributed by atoms with Crippen LogP contribution in [0.25, 0.3) is 12.2 Å². The lowest BCUT2D eigenvalue weighted by atomic mass is 10.1. The van der Waals surface area contributed by atoms with E-state index in [2.05, 4.69) is 0 Å². The monoisotopic (exact) mass is 374 g/mol. The van der Waals surface area contributed by atoms with Gasteiger partial charge in [0.2, 0.25) is 0 Å². The SMILES string of the molecule is CCOC(=O)c1c(O)cc(/C=C/c2ccc(OC)c(OC)c2)cc1SC. The third-order valence-corrected chi connectivity index (χ3v) is 4.44. The Morgan fingerprint density at radius 1 is 1.08 bits per heavy atom. The minimum Gasteiger partial charge on any atom is -0.507 e. The molecule has 0 fully saturated rings. The molecular formula is C20H22O5S. The highest BCUT2D eigenvalue weighted by molar-refractivity contribution is 7.98. The van der Waals surface area contributed by atoms with E-state index in [1.807, 2.05) is 42.7 Å². The normalized spacial score (nSPS) is 10.8. The number of methoxy groups -OCH3 is 2. The standard InChI is InChI=1S/C20H22O5S/c1-5-25-20(22)19-15(21)10-14(12-18(19)26-4)7-6-13-8-9-16(23-2)17(11-13)24-3/h6-12,21H,5H2,1-4H3/b7-6+. The molecule has 5 nitrogen and oxygen atoms in total. The molecule has 0 bridgehead atoms. The van der Waals surface area contributed by atoms with Crippen molar-refractivity contribution in [3.63, 3.8) is 0 Å². The Bertz CT molecular complexity index is 814. The van der Waals surface area contributed by atoms with Gasteiger partial charge in [-0.2, -0.15) is 0 Å². The second kappa shape index (κ2) is 9.20. The van der Waals surface area contributed by atoms with Gasteiger partial charge in [0, 0.05) is 4.90 Å². The van der Waals surface area contributed by atoms with Crippen molar-refractivity contribution in [1.82, 2.24) is 0 Å². The number of benzene rings is 2. The van der Waals surface area contributed by atoms with E-state index in [4.69, 9.17) is 14.2 Å². The van der Waals surface area contributed by atoms with Crippen molar-refractivity contribution in [2.45, 2.75) is 11.8 Å². The fraction of sp³-hybridized carbons (Fsp3) is 0.250.